The third-order valence-corrected chi connectivity index (χ3v) is 6.53. The molecule has 25 heavy (non-hydrogen) atoms. The van der Waals surface area contributed by atoms with E-state index >= 15 is 0 Å². The van der Waals surface area contributed by atoms with Crippen molar-refractivity contribution in [2.24, 2.45) is 5.92 Å². The van der Waals surface area contributed by atoms with Crippen LogP contribution < -0.4 is 0 Å². The predicted molar refractivity (Wildman–Crippen MR) is 103 cm³/mol. The number of hydrogen-bond donors (Lipinski definition) is 0. The van der Waals surface area contributed by atoms with Crippen LogP contribution in [0.5, 0.6) is 0 Å². The number of nitrogens with zero attached hydrogens (tertiary/aromatic N) is 2. The maximum Gasteiger partial charge on any atom is 0.277 e. The monoisotopic (exact) mass is 372 g/mol. The van der Waals surface area contributed by atoms with Gasteiger partial charge in [0, 0.05) is 28.2 Å². The number of aromatic nitrogens is 1. The molecule has 1 aliphatic carbocycles. The fraction of sp³-hybridized carbons (Fsp3) is 0.400. The Bertz CT molecular complexity index is 842. The maximum absolute atomic E-state index is 13.1. The molecule has 0 bridgehead atoms. The highest BCUT2D eigenvalue weighted by Crippen LogP contribution is 2.36. The molecule has 0 radical (unpaired) electrons. The highest BCUT2D eigenvalue weighted by Gasteiger charge is 2.31. The smallest absolute Gasteiger partial charge is 0.277 e. The Kier molecular flexibility index (Phi) is 4.65. The van der Waals surface area contributed by atoms with Crippen LogP contribution in [0.4, 0.5) is 0 Å². The van der Waals surface area contributed by atoms with E-state index in [-0.39, 0.29) is 5.91 Å². The molecule has 2 aromatic rings. The number of rotatable bonds is 2. The Morgan fingerprint density at radius 3 is 3.04 bits per heavy atom. The van der Waals surface area contributed by atoms with Crippen LogP contribution in [-0.2, 0) is 0 Å². The molecule has 0 N–H and O–H groups in total. The van der Waals surface area contributed by atoms with Gasteiger partial charge in [0.2, 0.25) is 0 Å². The Hall–Kier alpha value is -1.65. The van der Waals surface area contributed by atoms with Gasteiger partial charge < -0.3 is 4.90 Å². The van der Waals surface area contributed by atoms with E-state index in [0.29, 0.717) is 11.6 Å². The van der Waals surface area contributed by atoms with Gasteiger partial charge in [-0.05, 0) is 56.6 Å². The molecule has 0 spiro atoms. The molecule has 1 aliphatic heterocycles. The van der Waals surface area contributed by atoms with Gasteiger partial charge in [0.05, 0.1) is 0 Å². The molecule has 4 rings (SSSR count). The van der Waals surface area contributed by atoms with Crippen LogP contribution in [-0.4, -0.2) is 22.3 Å². The second-order valence-corrected chi connectivity index (χ2v) is 8.07. The van der Waals surface area contributed by atoms with Gasteiger partial charge in [0.1, 0.15) is 10.7 Å². The van der Waals surface area contributed by atoms with E-state index in [1.807, 2.05) is 35.4 Å². The number of carbonyl (C=O) groups excluding carboxylic acids is 1. The quantitative estimate of drug-likeness (QED) is 0.678. The summed E-state index contributed by atoms with van der Waals surface area (Å²) >= 11 is 7.74. The fourth-order valence-corrected chi connectivity index (χ4v) is 4.92. The van der Waals surface area contributed by atoms with Crippen molar-refractivity contribution in [2.45, 2.75) is 39.0 Å². The average Bonchev–Trinajstić information content (AvgIpc) is 3.13. The minimum Gasteiger partial charge on any atom is -0.311 e. The van der Waals surface area contributed by atoms with E-state index in [1.165, 1.54) is 36.3 Å². The van der Waals surface area contributed by atoms with Gasteiger partial charge in [-0.2, -0.15) is 0 Å². The number of hydrogen-bond acceptors (Lipinski definition) is 3. The molecule has 1 aromatic carbocycles. The van der Waals surface area contributed by atoms with Crippen LogP contribution >= 0.6 is 22.9 Å². The van der Waals surface area contributed by atoms with Gasteiger partial charge in [-0.1, -0.05) is 29.8 Å². The SMILES string of the molecule is Cc1c(Cl)cccc1-c1nc(C(=O)N2CCCC3CCCC=C32)cs1. The summed E-state index contributed by atoms with van der Waals surface area (Å²) in [6, 6.07) is 5.81. The van der Waals surface area contributed by atoms with E-state index in [0.717, 1.165) is 40.5 Å². The van der Waals surface area contributed by atoms with Gasteiger partial charge in [0.25, 0.3) is 5.91 Å². The summed E-state index contributed by atoms with van der Waals surface area (Å²) in [5.74, 6) is 0.597. The highest BCUT2D eigenvalue weighted by molar-refractivity contribution is 7.13. The molecule has 1 unspecified atom stereocenters. The molecule has 1 saturated heterocycles. The molecule has 2 aliphatic rings. The van der Waals surface area contributed by atoms with Crippen molar-refractivity contribution < 1.29 is 4.79 Å². The van der Waals surface area contributed by atoms with Gasteiger partial charge in [-0.3, -0.25) is 4.79 Å². The van der Waals surface area contributed by atoms with Crippen LogP contribution in [0, 0.1) is 12.8 Å². The number of likely N-dealkylation sites (tertiary alicyclic amines) is 1. The first-order valence-corrected chi connectivity index (χ1v) is 10.1. The average molecular weight is 373 g/mol. The number of halogens is 1. The third kappa shape index (κ3) is 3.13. The summed E-state index contributed by atoms with van der Waals surface area (Å²) in [4.78, 5) is 19.7. The fourth-order valence-electron chi connectivity index (χ4n) is 3.87. The number of amides is 1. The van der Waals surface area contributed by atoms with Gasteiger partial charge >= 0.3 is 0 Å². The normalized spacial score (nSPS) is 20.2. The molecule has 3 nitrogen and oxygen atoms in total. The van der Waals surface area contributed by atoms with Gasteiger partial charge in [-0.25, -0.2) is 4.98 Å². The van der Waals surface area contributed by atoms with E-state index in [4.69, 9.17) is 11.6 Å². The molecule has 1 aromatic heterocycles. The van der Waals surface area contributed by atoms with Crippen LogP contribution in [0.3, 0.4) is 0 Å². The summed E-state index contributed by atoms with van der Waals surface area (Å²) in [6.45, 7) is 2.80. The number of thiazole rings is 1. The second kappa shape index (κ2) is 6.93. The Morgan fingerprint density at radius 1 is 1.32 bits per heavy atom. The lowest BCUT2D eigenvalue weighted by Crippen LogP contribution is -2.39. The second-order valence-electron chi connectivity index (χ2n) is 6.81. The molecule has 1 fully saturated rings. The first kappa shape index (κ1) is 16.8. The molecule has 5 heteroatoms. The van der Waals surface area contributed by atoms with Crippen molar-refractivity contribution in [3.8, 4) is 10.6 Å². The van der Waals surface area contributed by atoms with Crippen molar-refractivity contribution in [1.82, 2.24) is 9.88 Å². The number of piperidine rings is 1. The molecular formula is C20H21ClN2OS. The van der Waals surface area contributed by atoms with Crippen molar-refractivity contribution in [3.63, 3.8) is 0 Å². The van der Waals surface area contributed by atoms with Crippen molar-refractivity contribution >= 4 is 28.8 Å². The number of allylic oxidation sites excluding steroid dienone is 2. The lowest BCUT2D eigenvalue weighted by molar-refractivity contribution is 0.0744. The van der Waals surface area contributed by atoms with Crippen molar-refractivity contribution in [2.75, 3.05) is 6.54 Å². The zero-order valence-electron chi connectivity index (χ0n) is 14.3. The minimum atomic E-state index is 0.0417. The zero-order chi connectivity index (χ0) is 17.4. The van der Waals surface area contributed by atoms with E-state index in [2.05, 4.69) is 11.1 Å². The van der Waals surface area contributed by atoms with Crippen LogP contribution in [0.25, 0.3) is 10.6 Å². The van der Waals surface area contributed by atoms with Gasteiger partial charge in [-0.15, -0.1) is 11.3 Å². The van der Waals surface area contributed by atoms with Crippen LogP contribution in [0.1, 0.15) is 48.2 Å². The van der Waals surface area contributed by atoms with E-state index < -0.39 is 0 Å². The standard InChI is InChI=1S/C20H21ClN2OS/c1-13-15(8-4-9-16(13)21)19-22-17(12-25-19)20(24)23-11-5-7-14-6-2-3-10-18(14)23/h4,8-10,12,14H,2-3,5-7,11H2,1H3. The summed E-state index contributed by atoms with van der Waals surface area (Å²) in [7, 11) is 0. The summed E-state index contributed by atoms with van der Waals surface area (Å²) in [5.41, 5.74) is 3.79. The maximum atomic E-state index is 13.1. The zero-order valence-corrected chi connectivity index (χ0v) is 15.9. The third-order valence-electron chi connectivity index (χ3n) is 5.24. The molecule has 0 saturated carbocycles. The highest BCUT2D eigenvalue weighted by atomic mass is 35.5. The topological polar surface area (TPSA) is 33.2 Å². The first-order chi connectivity index (χ1) is 12.1. The number of carbonyl (C=O) groups is 1. The molecule has 2 heterocycles. The van der Waals surface area contributed by atoms with Crippen LogP contribution in [0.2, 0.25) is 5.02 Å². The number of benzene rings is 1. The first-order valence-electron chi connectivity index (χ1n) is 8.88. The largest absolute Gasteiger partial charge is 0.311 e. The summed E-state index contributed by atoms with van der Waals surface area (Å²) in [5, 5.41) is 3.46. The van der Waals surface area contributed by atoms with E-state index in [1.54, 1.807) is 0 Å². The van der Waals surface area contributed by atoms with Crippen molar-refractivity contribution in [1.29, 1.82) is 0 Å². The number of fused-ring (bicyclic) bond motifs is 1. The molecule has 130 valence electrons. The molecule has 1 atom stereocenters. The Balaban J connectivity index is 1.62. The Labute approximate surface area is 157 Å². The molecule has 1 amide bonds. The Morgan fingerprint density at radius 2 is 2.16 bits per heavy atom. The van der Waals surface area contributed by atoms with E-state index in [9.17, 15) is 4.79 Å². The van der Waals surface area contributed by atoms with Crippen molar-refractivity contribution in [3.05, 3.63) is 51.6 Å². The lowest BCUT2D eigenvalue weighted by atomic mass is 9.85. The minimum absolute atomic E-state index is 0.0417. The summed E-state index contributed by atoms with van der Waals surface area (Å²) < 4.78 is 0. The molecular weight excluding hydrogens is 352 g/mol. The van der Waals surface area contributed by atoms with Gasteiger partial charge in [0.15, 0.2) is 0 Å². The van der Waals surface area contributed by atoms with Crippen LogP contribution in [0.15, 0.2) is 35.4 Å². The predicted octanol–water partition coefficient (Wildman–Crippen LogP) is 5.69. The lowest BCUT2D eigenvalue weighted by Gasteiger charge is -2.37. The summed E-state index contributed by atoms with van der Waals surface area (Å²) in [6.07, 6.45) is 8.09.